The molecule has 0 aliphatic rings. The van der Waals surface area contributed by atoms with Crippen LogP contribution in [0.5, 0.6) is 0 Å². The molecule has 0 saturated carbocycles. The number of hydrogen-bond donors (Lipinski definition) is 2. The molecular formula is C13H16F3NO2S. The normalized spacial score (nSPS) is 13.1. The smallest absolute Gasteiger partial charge is 0.382 e. The fourth-order valence-corrected chi connectivity index (χ4v) is 2.16. The lowest BCUT2D eigenvalue weighted by molar-refractivity contribution is -0.201. The predicted molar refractivity (Wildman–Crippen MR) is 71.6 cm³/mol. The maximum Gasteiger partial charge on any atom is 0.416 e. The van der Waals surface area contributed by atoms with Gasteiger partial charge in [0.1, 0.15) is 0 Å². The standard InChI is InChI=1S/C13H16F3NO2S/c1-9-2-4-10(5-3-9)20-7-6-12(19)17-8-11(18)13(14,15)16/h2-5,11,18H,6-8H2,1H3,(H,17,19). The lowest BCUT2D eigenvalue weighted by Gasteiger charge is -2.14. The monoisotopic (exact) mass is 307 g/mol. The Bertz CT molecular complexity index is 434. The topological polar surface area (TPSA) is 49.3 Å². The minimum atomic E-state index is -4.70. The van der Waals surface area contributed by atoms with E-state index in [2.05, 4.69) is 5.32 Å². The number of thioether (sulfide) groups is 1. The molecule has 20 heavy (non-hydrogen) atoms. The second kappa shape index (κ2) is 7.54. The van der Waals surface area contributed by atoms with Crippen LogP contribution in [-0.4, -0.2) is 35.6 Å². The molecule has 1 aromatic rings. The van der Waals surface area contributed by atoms with E-state index >= 15 is 0 Å². The minimum Gasteiger partial charge on any atom is -0.382 e. The number of benzene rings is 1. The summed E-state index contributed by atoms with van der Waals surface area (Å²) in [5.74, 6) is -0.0373. The van der Waals surface area contributed by atoms with Crippen LogP contribution in [0.1, 0.15) is 12.0 Å². The number of aliphatic hydroxyl groups excluding tert-OH is 1. The largest absolute Gasteiger partial charge is 0.416 e. The zero-order valence-electron chi connectivity index (χ0n) is 10.9. The van der Waals surface area contributed by atoms with Crippen LogP contribution < -0.4 is 5.32 Å². The van der Waals surface area contributed by atoms with E-state index in [1.165, 1.54) is 11.8 Å². The van der Waals surface area contributed by atoms with Crippen molar-refractivity contribution < 1.29 is 23.1 Å². The second-order valence-electron chi connectivity index (χ2n) is 4.27. The van der Waals surface area contributed by atoms with Crippen molar-refractivity contribution in [3.8, 4) is 0 Å². The highest BCUT2D eigenvalue weighted by Crippen LogP contribution is 2.20. The molecule has 112 valence electrons. The average Bonchev–Trinajstić information content (AvgIpc) is 2.37. The Hall–Kier alpha value is -1.21. The van der Waals surface area contributed by atoms with Gasteiger partial charge in [-0.1, -0.05) is 17.7 Å². The summed E-state index contributed by atoms with van der Waals surface area (Å²) in [6.07, 6.45) is -7.12. The number of amides is 1. The maximum absolute atomic E-state index is 12.0. The van der Waals surface area contributed by atoms with Crippen molar-refractivity contribution in [1.82, 2.24) is 5.32 Å². The number of carbonyl (C=O) groups excluding carboxylic acids is 1. The Balaban J connectivity index is 2.22. The quantitative estimate of drug-likeness (QED) is 0.794. The SMILES string of the molecule is Cc1ccc(SCCC(=O)NCC(O)C(F)(F)F)cc1. The first-order chi connectivity index (χ1) is 9.29. The number of halogens is 3. The molecule has 0 spiro atoms. The summed E-state index contributed by atoms with van der Waals surface area (Å²) >= 11 is 1.45. The van der Waals surface area contributed by atoms with Gasteiger partial charge in [0.25, 0.3) is 0 Å². The molecule has 0 aromatic heterocycles. The third kappa shape index (κ3) is 6.29. The van der Waals surface area contributed by atoms with E-state index in [1.54, 1.807) is 0 Å². The molecule has 0 saturated heterocycles. The fraction of sp³-hybridized carbons (Fsp3) is 0.462. The number of aliphatic hydroxyl groups is 1. The molecule has 3 nitrogen and oxygen atoms in total. The third-order valence-corrected chi connectivity index (χ3v) is 3.50. The molecule has 1 atom stereocenters. The second-order valence-corrected chi connectivity index (χ2v) is 5.44. The van der Waals surface area contributed by atoms with Gasteiger partial charge in [0.15, 0.2) is 6.10 Å². The highest BCUT2D eigenvalue weighted by molar-refractivity contribution is 7.99. The zero-order valence-corrected chi connectivity index (χ0v) is 11.7. The molecular weight excluding hydrogens is 291 g/mol. The third-order valence-electron chi connectivity index (χ3n) is 2.49. The van der Waals surface area contributed by atoms with Gasteiger partial charge in [0.2, 0.25) is 5.91 Å². The number of rotatable bonds is 6. The first-order valence-electron chi connectivity index (χ1n) is 6.00. The van der Waals surface area contributed by atoms with Crippen molar-refractivity contribution in [1.29, 1.82) is 0 Å². The Morgan fingerprint density at radius 2 is 1.95 bits per heavy atom. The molecule has 1 rings (SSSR count). The molecule has 1 aromatic carbocycles. The van der Waals surface area contributed by atoms with Crippen molar-refractivity contribution in [2.75, 3.05) is 12.3 Å². The van der Waals surface area contributed by atoms with E-state index in [-0.39, 0.29) is 6.42 Å². The molecule has 0 fully saturated rings. The zero-order chi connectivity index (χ0) is 15.2. The van der Waals surface area contributed by atoms with E-state index in [0.29, 0.717) is 5.75 Å². The molecule has 7 heteroatoms. The molecule has 1 amide bonds. The van der Waals surface area contributed by atoms with Gasteiger partial charge in [-0.3, -0.25) is 4.79 Å². The number of hydrogen-bond acceptors (Lipinski definition) is 3. The molecule has 0 aliphatic heterocycles. The maximum atomic E-state index is 12.0. The Morgan fingerprint density at radius 1 is 1.35 bits per heavy atom. The van der Waals surface area contributed by atoms with Crippen LogP contribution in [-0.2, 0) is 4.79 Å². The van der Waals surface area contributed by atoms with Gasteiger partial charge in [-0.25, -0.2) is 0 Å². The molecule has 0 heterocycles. The van der Waals surface area contributed by atoms with Crippen LogP contribution in [0.15, 0.2) is 29.2 Å². The molecule has 0 bridgehead atoms. The summed E-state index contributed by atoms with van der Waals surface area (Å²) in [5, 5.41) is 10.8. The number of carbonyl (C=O) groups is 1. The van der Waals surface area contributed by atoms with Crippen LogP contribution in [0.2, 0.25) is 0 Å². The summed E-state index contributed by atoms with van der Waals surface area (Å²) in [4.78, 5) is 12.3. The summed E-state index contributed by atoms with van der Waals surface area (Å²) < 4.78 is 36.0. The van der Waals surface area contributed by atoms with Gasteiger partial charge in [0, 0.05) is 17.1 Å². The average molecular weight is 307 g/mol. The first kappa shape index (κ1) is 16.8. The summed E-state index contributed by atoms with van der Waals surface area (Å²) in [6.45, 7) is 1.16. The minimum absolute atomic E-state index is 0.100. The highest BCUT2D eigenvalue weighted by atomic mass is 32.2. The summed E-state index contributed by atoms with van der Waals surface area (Å²) in [7, 11) is 0. The van der Waals surface area contributed by atoms with Gasteiger partial charge in [-0.15, -0.1) is 11.8 Å². The van der Waals surface area contributed by atoms with Crippen molar-refractivity contribution in [3.63, 3.8) is 0 Å². The van der Waals surface area contributed by atoms with Crippen LogP contribution in [0.25, 0.3) is 0 Å². The molecule has 2 N–H and O–H groups in total. The lowest BCUT2D eigenvalue weighted by atomic mass is 10.2. The van der Waals surface area contributed by atoms with Crippen molar-refractivity contribution in [2.45, 2.75) is 30.5 Å². The van der Waals surface area contributed by atoms with E-state index in [0.717, 1.165) is 10.5 Å². The van der Waals surface area contributed by atoms with E-state index in [1.807, 2.05) is 31.2 Å². The Kier molecular flexibility index (Phi) is 6.35. The van der Waals surface area contributed by atoms with Crippen molar-refractivity contribution in [2.24, 2.45) is 0 Å². The summed E-state index contributed by atoms with van der Waals surface area (Å²) in [5.41, 5.74) is 1.13. The van der Waals surface area contributed by atoms with E-state index < -0.39 is 24.7 Å². The van der Waals surface area contributed by atoms with Crippen LogP contribution in [0.3, 0.4) is 0 Å². The van der Waals surface area contributed by atoms with Gasteiger partial charge < -0.3 is 10.4 Å². The van der Waals surface area contributed by atoms with E-state index in [4.69, 9.17) is 5.11 Å². The molecule has 0 aliphatic carbocycles. The number of nitrogens with one attached hydrogen (secondary N) is 1. The van der Waals surface area contributed by atoms with Gasteiger partial charge in [0.05, 0.1) is 6.54 Å². The molecule has 0 radical (unpaired) electrons. The lowest BCUT2D eigenvalue weighted by Crippen LogP contribution is -2.40. The molecule has 1 unspecified atom stereocenters. The van der Waals surface area contributed by atoms with E-state index in [9.17, 15) is 18.0 Å². The summed E-state index contributed by atoms with van der Waals surface area (Å²) in [6, 6.07) is 7.74. The van der Waals surface area contributed by atoms with Gasteiger partial charge >= 0.3 is 6.18 Å². The number of aryl methyl sites for hydroxylation is 1. The number of alkyl halides is 3. The first-order valence-corrected chi connectivity index (χ1v) is 6.98. The Labute approximate surface area is 119 Å². The Morgan fingerprint density at radius 3 is 2.50 bits per heavy atom. The van der Waals surface area contributed by atoms with Crippen LogP contribution in [0, 0.1) is 6.92 Å². The van der Waals surface area contributed by atoms with Crippen molar-refractivity contribution in [3.05, 3.63) is 29.8 Å². The highest BCUT2D eigenvalue weighted by Gasteiger charge is 2.38. The van der Waals surface area contributed by atoms with Gasteiger partial charge in [-0.05, 0) is 19.1 Å². The fourth-order valence-electron chi connectivity index (χ4n) is 1.31. The predicted octanol–water partition coefficient (Wildman–Crippen LogP) is 2.52. The van der Waals surface area contributed by atoms with Gasteiger partial charge in [-0.2, -0.15) is 13.2 Å². The van der Waals surface area contributed by atoms with Crippen LogP contribution in [0.4, 0.5) is 13.2 Å². The van der Waals surface area contributed by atoms with Crippen molar-refractivity contribution >= 4 is 17.7 Å². The van der Waals surface area contributed by atoms with Crippen LogP contribution >= 0.6 is 11.8 Å².